The molecule has 0 bridgehead atoms. The quantitative estimate of drug-likeness (QED) is 0.869. The van der Waals surface area contributed by atoms with Crippen LogP contribution >= 0.6 is 11.8 Å². The van der Waals surface area contributed by atoms with E-state index >= 15 is 0 Å². The molecule has 1 aromatic rings. The van der Waals surface area contributed by atoms with E-state index in [1.165, 1.54) is 37.8 Å². The maximum Gasteiger partial charge on any atom is 0.238 e. The van der Waals surface area contributed by atoms with Crippen molar-refractivity contribution in [3.63, 3.8) is 0 Å². The van der Waals surface area contributed by atoms with Gasteiger partial charge in [-0.15, -0.1) is 11.8 Å². The van der Waals surface area contributed by atoms with Crippen molar-refractivity contribution < 1.29 is 13.2 Å². The van der Waals surface area contributed by atoms with Crippen LogP contribution in [0.3, 0.4) is 0 Å². The van der Waals surface area contributed by atoms with Gasteiger partial charge in [0, 0.05) is 10.9 Å². The first kappa shape index (κ1) is 15.3. The van der Waals surface area contributed by atoms with Gasteiger partial charge < -0.3 is 5.32 Å². The normalized spacial score (nSPS) is 16.2. The predicted molar refractivity (Wildman–Crippen MR) is 81.2 cm³/mol. The number of nitrogens with two attached hydrogens (primary N) is 1. The van der Waals surface area contributed by atoms with Gasteiger partial charge in [-0.2, -0.15) is 0 Å². The molecule has 0 heterocycles. The molecule has 0 aliphatic heterocycles. The van der Waals surface area contributed by atoms with Crippen molar-refractivity contribution in [2.75, 3.05) is 11.1 Å². The molecule has 0 aromatic heterocycles. The lowest BCUT2D eigenvalue weighted by molar-refractivity contribution is -0.113. The van der Waals surface area contributed by atoms with Crippen molar-refractivity contribution in [1.29, 1.82) is 0 Å². The number of sulfonamides is 1. The second-order valence-electron chi connectivity index (χ2n) is 4.84. The Morgan fingerprint density at radius 3 is 2.70 bits per heavy atom. The predicted octanol–water partition coefficient (Wildman–Crippen LogP) is 1.95. The number of rotatable bonds is 5. The van der Waals surface area contributed by atoms with E-state index in [0.29, 0.717) is 16.7 Å². The van der Waals surface area contributed by atoms with Crippen LogP contribution in [0.25, 0.3) is 0 Å². The first-order valence-electron chi connectivity index (χ1n) is 6.49. The van der Waals surface area contributed by atoms with Gasteiger partial charge in [-0.1, -0.05) is 18.9 Å². The minimum atomic E-state index is -3.74. The number of amides is 1. The van der Waals surface area contributed by atoms with Crippen LogP contribution in [0.2, 0.25) is 0 Å². The highest BCUT2D eigenvalue weighted by Gasteiger charge is 2.17. The van der Waals surface area contributed by atoms with Crippen LogP contribution < -0.4 is 10.5 Å². The Labute approximate surface area is 123 Å². The van der Waals surface area contributed by atoms with E-state index in [0.717, 1.165) is 0 Å². The van der Waals surface area contributed by atoms with Crippen LogP contribution in [0.1, 0.15) is 25.7 Å². The topological polar surface area (TPSA) is 89.3 Å². The van der Waals surface area contributed by atoms with Crippen molar-refractivity contribution in [1.82, 2.24) is 0 Å². The van der Waals surface area contributed by atoms with Gasteiger partial charge >= 0.3 is 0 Å². The van der Waals surface area contributed by atoms with E-state index in [1.54, 1.807) is 23.9 Å². The highest BCUT2D eigenvalue weighted by molar-refractivity contribution is 8.00. The SMILES string of the molecule is NS(=O)(=O)c1cccc(NC(=O)CSC2CCCC2)c1. The van der Waals surface area contributed by atoms with E-state index in [2.05, 4.69) is 5.32 Å². The number of carbonyl (C=O) groups is 1. The molecule has 2 rings (SSSR count). The summed E-state index contributed by atoms with van der Waals surface area (Å²) >= 11 is 1.67. The molecule has 1 aromatic carbocycles. The van der Waals surface area contributed by atoms with Crippen LogP contribution in [0, 0.1) is 0 Å². The van der Waals surface area contributed by atoms with Crippen molar-refractivity contribution in [2.24, 2.45) is 5.14 Å². The van der Waals surface area contributed by atoms with Crippen LogP contribution in [-0.4, -0.2) is 25.3 Å². The molecular weight excluding hydrogens is 296 g/mol. The first-order chi connectivity index (χ1) is 9.45. The Bertz CT molecular complexity index is 581. The zero-order valence-corrected chi connectivity index (χ0v) is 12.7. The van der Waals surface area contributed by atoms with Gasteiger partial charge in [0.05, 0.1) is 10.6 Å². The maximum atomic E-state index is 11.8. The Morgan fingerprint density at radius 2 is 2.05 bits per heavy atom. The van der Waals surface area contributed by atoms with Crippen LogP contribution in [0.4, 0.5) is 5.69 Å². The Balaban J connectivity index is 1.90. The smallest absolute Gasteiger partial charge is 0.238 e. The molecule has 1 amide bonds. The lowest BCUT2D eigenvalue weighted by Gasteiger charge is -2.09. The minimum absolute atomic E-state index is 0.00116. The zero-order valence-electron chi connectivity index (χ0n) is 11.0. The van der Waals surface area contributed by atoms with Crippen molar-refractivity contribution in [2.45, 2.75) is 35.8 Å². The Kier molecular flexibility index (Phi) is 5.06. The van der Waals surface area contributed by atoms with E-state index in [9.17, 15) is 13.2 Å². The number of hydrogen-bond acceptors (Lipinski definition) is 4. The fourth-order valence-corrected chi connectivity index (χ4v) is 3.88. The van der Waals surface area contributed by atoms with E-state index in [4.69, 9.17) is 5.14 Å². The van der Waals surface area contributed by atoms with Gasteiger partial charge in [-0.3, -0.25) is 4.79 Å². The third kappa shape index (κ3) is 4.50. The third-order valence-electron chi connectivity index (χ3n) is 3.20. The number of hydrogen-bond donors (Lipinski definition) is 2. The summed E-state index contributed by atoms with van der Waals surface area (Å²) in [5, 5.41) is 8.33. The molecule has 1 fully saturated rings. The average Bonchev–Trinajstić information content (AvgIpc) is 2.89. The maximum absolute atomic E-state index is 11.8. The van der Waals surface area contributed by atoms with Crippen molar-refractivity contribution in [3.05, 3.63) is 24.3 Å². The number of carbonyl (C=O) groups excluding carboxylic acids is 1. The highest BCUT2D eigenvalue weighted by atomic mass is 32.2. The molecule has 7 heteroatoms. The van der Waals surface area contributed by atoms with Gasteiger partial charge in [0.15, 0.2) is 0 Å². The molecule has 1 saturated carbocycles. The van der Waals surface area contributed by atoms with E-state index < -0.39 is 10.0 Å². The van der Waals surface area contributed by atoms with Gasteiger partial charge in [-0.25, -0.2) is 13.6 Å². The van der Waals surface area contributed by atoms with Crippen molar-refractivity contribution in [3.8, 4) is 0 Å². The summed E-state index contributed by atoms with van der Waals surface area (Å²) in [7, 11) is -3.74. The van der Waals surface area contributed by atoms with Gasteiger partial charge in [0.1, 0.15) is 0 Å². The monoisotopic (exact) mass is 314 g/mol. The van der Waals surface area contributed by atoms with Crippen molar-refractivity contribution >= 4 is 33.4 Å². The highest BCUT2D eigenvalue weighted by Crippen LogP contribution is 2.29. The molecule has 0 unspecified atom stereocenters. The molecule has 110 valence electrons. The van der Waals surface area contributed by atoms with Crippen LogP contribution in [0.15, 0.2) is 29.2 Å². The third-order valence-corrected chi connectivity index (χ3v) is 5.48. The van der Waals surface area contributed by atoms with Gasteiger partial charge in [0.25, 0.3) is 0 Å². The number of benzene rings is 1. The van der Waals surface area contributed by atoms with Gasteiger partial charge in [-0.05, 0) is 31.0 Å². The molecule has 0 saturated heterocycles. The summed E-state index contributed by atoms with van der Waals surface area (Å²) in [5.41, 5.74) is 0.452. The lowest BCUT2D eigenvalue weighted by atomic mass is 10.3. The number of primary sulfonamides is 1. The second-order valence-corrected chi connectivity index (χ2v) is 7.69. The zero-order chi connectivity index (χ0) is 14.6. The molecule has 1 aliphatic carbocycles. The summed E-state index contributed by atoms with van der Waals surface area (Å²) in [4.78, 5) is 11.8. The molecule has 20 heavy (non-hydrogen) atoms. The summed E-state index contributed by atoms with van der Waals surface area (Å²) < 4.78 is 22.5. The van der Waals surface area contributed by atoms with Gasteiger partial charge in [0.2, 0.25) is 15.9 Å². The molecule has 0 atom stereocenters. The summed E-state index contributed by atoms with van der Waals surface area (Å²) in [6.45, 7) is 0. The first-order valence-corrected chi connectivity index (χ1v) is 9.09. The number of thioether (sulfide) groups is 1. The molecule has 1 aliphatic rings. The summed E-state index contributed by atoms with van der Waals surface area (Å²) in [6, 6.07) is 5.97. The Hall–Kier alpha value is -1.05. The minimum Gasteiger partial charge on any atom is -0.325 e. The molecule has 3 N–H and O–H groups in total. The fourth-order valence-electron chi connectivity index (χ4n) is 2.20. The summed E-state index contributed by atoms with van der Waals surface area (Å²) in [5.74, 6) is 0.276. The average molecular weight is 314 g/mol. The fraction of sp³-hybridized carbons (Fsp3) is 0.462. The molecule has 5 nitrogen and oxygen atoms in total. The Morgan fingerprint density at radius 1 is 1.35 bits per heavy atom. The van der Waals surface area contributed by atoms with E-state index in [-0.39, 0.29) is 10.8 Å². The van der Waals surface area contributed by atoms with Crippen LogP contribution in [-0.2, 0) is 14.8 Å². The summed E-state index contributed by atoms with van der Waals surface area (Å²) in [6.07, 6.45) is 4.85. The van der Waals surface area contributed by atoms with E-state index in [1.807, 2.05) is 0 Å². The lowest BCUT2D eigenvalue weighted by Crippen LogP contribution is -2.17. The molecule has 0 spiro atoms. The molecule has 0 radical (unpaired) electrons. The largest absolute Gasteiger partial charge is 0.325 e. The number of anilines is 1. The number of nitrogens with one attached hydrogen (secondary N) is 1. The standard InChI is InChI=1S/C13H18N2O3S2/c14-20(17,18)12-7-3-4-10(8-12)15-13(16)9-19-11-5-1-2-6-11/h3-4,7-8,11H,1-2,5-6,9H2,(H,15,16)(H2,14,17,18). The van der Waals surface area contributed by atoms with Crippen LogP contribution in [0.5, 0.6) is 0 Å². The molecular formula is C13H18N2O3S2. The second kappa shape index (κ2) is 6.60.